The molecule has 89 heavy (non-hydrogen) atoms. The summed E-state index contributed by atoms with van der Waals surface area (Å²) in [6.07, 6.45) is 3.52. The number of nitrogens with zero attached hydrogens (tertiary/aromatic N) is 1. The third-order valence-electron chi connectivity index (χ3n) is 15.3. The standard InChI is InChI=1S/C63H77N11O13S2/c1-35(2)54-63(87)71-50(62(86)73-55(36(3)75)56(65)80)34-89-88-33-49(70-58(82)46(31-38-17-20-39-11-4-5-13-41(39)29-38)66-51(77)16-10-28-74-52(78)25-26-53(74)79)61(85)68-47(30-37-18-23-43(76)24-19-37)59(83)69-48(32-42-22-21-40-12-6-7-14-44(40)42)60(84)67-45(57(81)72-54)15-8-9-27-64/h4-7,11-14,17-20,22-26,29,35-36,45-50,54-55,75-76H,8-10,15-16,21,27-28,30-34,64H2,1-3H3,(H2,65,80)(H,66,77)(H,67,84)(H,68,85)(H,69,83)(H,70,82)(H,71,87)(H,72,81)(H,73,86)/t36-,45+,46-,47+,48-,49+,50-,54+,55+/m1/s1. The van der Waals surface area contributed by atoms with Gasteiger partial charge < -0.3 is 64.2 Å². The lowest BCUT2D eigenvalue weighted by Crippen LogP contribution is -2.62. The fourth-order valence-corrected chi connectivity index (χ4v) is 12.7. The van der Waals surface area contributed by atoms with Crippen LogP contribution in [-0.4, -0.2) is 159 Å². The molecule has 3 aliphatic rings. The normalized spacial score (nSPS) is 21.5. The molecule has 0 spiro atoms. The molecule has 4 aromatic carbocycles. The first-order valence-corrected chi connectivity index (χ1v) is 32.0. The van der Waals surface area contributed by atoms with Gasteiger partial charge in [-0.25, -0.2) is 0 Å². The highest BCUT2D eigenvalue weighted by Crippen LogP contribution is 2.31. The molecule has 1 fully saturated rings. The summed E-state index contributed by atoms with van der Waals surface area (Å²) in [5, 5.41) is 44.2. The molecule has 474 valence electrons. The van der Waals surface area contributed by atoms with Crippen LogP contribution in [0.15, 0.2) is 109 Å². The summed E-state index contributed by atoms with van der Waals surface area (Å²) in [4.78, 5) is 155. The maximum absolute atomic E-state index is 15.2. The van der Waals surface area contributed by atoms with Gasteiger partial charge in [0.2, 0.25) is 53.2 Å². The monoisotopic (exact) mass is 1260 g/mol. The highest BCUT2D eigenvalue weighted by atomic mass is 33.1. The predicted octanol–water partition coefficient (Wildman–Crippen LogP) is 0.990. The third-order valence-corrected chi connectivity index (χ3v) is 17.7. The quantitative estimate of drug-likeness (QED) is 0.0297. The third kappa shape index (κ3) is 19.5. The van der Waals surface area contributed by atoms with Crippen molar-refractivity contribution >= 4 is 103 Å². The number of phenolic OH excluding ortho intramolecular Hbond substituents is 1. The van der Waals surface area contributed by atoms with E-state index in [9.17, 15) is 53.4 Å². The predicted molar refractivity (Wildman–Crippen MR) is 336 cm³/mol. The molecule has 9 atom stereocenters. The topological polar surface area (TPSA) is 380 Å². The zero-order valence-electron chi connectivity index (χ0n) is 49.7. The van der Waals surface area contributed by atoms with E-state index < -0.39 is 125 Å². The molecular weight excluding hydrogens is 1180 g/mol. The molecule has 0 bridgehead atoms. The molecule has 2 heterocycles. The molecule has 1 aliphatic carbocycles. The number of aromatic hydroxyl groups is 1. The Morgan fingerprint density at radius 1 is 0.685 bits per heavy atom. The largest absolute Gasteiger partial charge is 0.508 e. The van der Waals surface area contributed by atoms with E-state index in [1.54, 1.807) is 19.9 Å². The Morgan fingerprint density at radius 3 is 2.00 bits per heavy atom. The Labute approximate surface area is 523 Å². The first-order chi connectivity index (χ1) is 42.6. The molecule has 0 aromatic heterocycles. The smallest absolute Gasteiger partial charge is 0.253 e. The zero-order valence-corrected chi connectivity index (χ0v) is 51.3. The molecule has 1 saturated heterocycles. The van der Waals surface area contributed by atoms with Gasteiger partial charge in [-0.1, -0.05) is 120 Å². The minimum atomic E-state index is -1.60. The van der Waals surface area contributed by atoms with Crippen molar-refractivity contribution in [3.8, 4) is 5.75 Å². The fourth-order valence-electron chi connectivity index (χ4n) is 10.4. The van der Waals surface area contributed by atoms with Crippen molar-refractivity contribution in [2.45, 2.75) is 133 Å². The first kappa shape index (κ1) is 67.9. The summed E-state index contributed by atoms with van der Waals surface area (Å²) >= 11 is 0. The number of imide groups is 1. The van der Waals surface area contributed by atoms with Crippen LogP contribution in [0.3, 0.4) is 0 Å². The van der Waals surface area contributed by atoms with Crippen molar-refractivity contribution < 1.29 is 63.0 Å². The number of carbonyl (C=O) groups is 11. The van der Waals surface area contributed by atoms with Crippen LogP contribution < -0.4 is 54.0 Å². The lowest BCUT2D eigenvalue weighted by molar-refractivity contribution is -0.137. The fraction of sp³-hybridized carbons (Fsp3) is 0.413. The van der Waals surface area contributed by atoms with Crippen LogP contribution in [0.4, 0.5) is 0 Å². The highest BCUT2D eigenvalue weighted by Gasteiger charge is 2.38. The Bertz CT molecular complexity index is 3320. The number of amides is 11. The number of rotatable bonds is 22. The van der Waals surface area contributed by atoms with Gasteiger partial charge in [0, 0.05) is 55.9 Å². The minimum absolute atomic E-state index is 0.0422. The molecule has 7 rings (SSSR count). The number of allylic oxidation sites excluding steroid dienone is 1. The lowest BCUT2D eigenvalue weighted by atomic mass is 9.97. The van der Waals surface area contributed by atoms with Gasteiger partial charge in [0.1, 0.15) is 54.1 Å². The number of benzene rings is 4. The van der Waals surface area contributed by atoms with Gasteiger partial charge in [0.05, 0.1) is 6.10 Å². The van der Waals surface area contributed by atoms with E-state index in [1.807, 2.05) is 66.7 Å². The molecule has 24 nitrogen and oxygen atoms in total. The molecule has 4 aromatic rings. The molecule has 0 saturated carbocycles. The number of phenols is 1. The first-order valence-electron chi connectivity index (χ1n) is 29.5. The Balaban J connectivity index is 1.27. The van der Waals surface area contributed by atoms with Crippen molar-refractivity contribution in [1.82, 2.24) is 47.4 Å². The molecule has 11 amide bonds. The van der Waals surface area contributed by atoms with Crippen LogP contribution in [0.2, 0.25) is 0 Å². The Morgan fingerprint density at radius 2 is 1.31 bits per heavy atom. The van der Waals surface area contributed by atoms with E-state index in [2.05, 4.69) is 42.5 Å². The van der Waals surface area contributed by atoms with Gasteiger partial charge in [-0.2, -0.15) is 0 Å². The van der Waals surface area contributed by atoms with Crippen molar-refractivity contribution in [2.24, 2.45) is 17.4 Å². The van der Waals surface area contributed by atoms with Gasteiger partial charge in [0.15, 0.2) is 0 Å². The summed E-state index contributed by atoms with van der Waals surface area (Å²) in [6.45, 7) is 4.70. The van der Waals surface area contributed by atoms with Crippen molar-refractivity contribution in [3.05, 3.63) is 131 Å². The molecule has 26 heteroatoms. The number of fused-ring (bicyclic) bond motifs is 2. The minimum Gasteiger partial charge on any atom is -0.508 e. The lowest BCUT2D eigenvalue weighted by Gasteiger charge is -2.30. The second-order valence-electron chi connectivity index (χ2n) is 22.5. The maximum atomic E-state index is 15.2. The number of hydrogen-bond acceptors (Lipinski definition) is 16. The van der Waals surface area contributed by atoms with E-state index in [-0.39, 0.29) is 68.9 Å². The number of primary amides is 1. The van der Waals surface area contributed by atoms with E-state index in [0.717, 1.165) is 60.5 Å². The number of nitrogens with one attached hydrogen (secondary N) is 8. The number of hydrogen-bond donors (Lipinski definition) is 12. The van der Waals surface area contributed by atoms with Crippen molar-refractivity contribution in [1.29, 1.82) is 0 Å². The van der Waals surface area contributed by atoms with Gasteiger partial charge >= 0.3 is 0 Å². The zero-order chi connectivity index (χ0) is 64.3. The molecular formula is C63H77N11O13S2. The SMILES string of the molecule is CC(C)[C@@H]1NC(=O)[C@H](CCCCN)NC(=O)[C@@H](CC2=CCc3ccccc32)NC(=O)[C@H](Cc2ccc(O)cc2)NC(=O)[C@@H](NC(=O)[C@@H](Cc2ccc3ccccc3c2)NC(=O)CCCN2C(=O)C=CC2=O)CSSC[C@H](C(=O)N[C@H](C(N)=O)[C@@H](C)O)NC1=O. The average Bonchev–Trinajstić information content (AvgIpc) is 3.30. The number of nitrogens with two attached hydrogens (primary N) is 2. The number of unbranched alkanes of at least 4 members (excludes halogenated alkanes) is 1. The summed E-state index contributed by atoms with van der Waals surface area (Å²) in [5.41, 5.74) is 15.0. The molecule has 2 aliphatic heterocycles. The molecule has 0 radical (unpaired) electrons. The van der Waals surface area contributed by atoms with Crippen LogP contribution >= 0.6 is 21.6 Å². The van der Waals surface area contributed by atoms with Crippen molar-refractivity contribution in [2.75, 3.05) is 24.6 Å². The Hall–Kier alpha value is -8.59. The van der Waals surface area contributed by atoms with E-state index in [1.165, 1.54) is 31.2 Å². The van der Waals surface area contributed by atoms with Crippen LogP contribution in [0.1, 0.15) is 81.5 Å². The summed E-state index contributed by atoms with van der Waals surface area (Å²) in [7, 11) is 1.90. The maximum Gasteiger partial charge on any atom is 0.253 e. The van der Waals surface area contributed by atoms with Gasteiger partial charge in [-0.15, -0.1) is 0 Å². The number of carbonyl (C=O) groups excluding carboxylic acids is 11. The number of aliphatic hydroxyl groups is 1. The van der Waals surface area contributed by atoms with Crippen LogP contribution in [0, 0.1) is 5.92 Å². The number of aliphatic hydroxyl groups excluding tert-OH is 1. The van der Waals surface area contributed by atoms with Crippen LogP contribution in [0.25, 0.3) is 16.3 Å². The summed E-state index contributed by atoms with van der Waals surface area (Å²) in [5.74, 6) is -10.1. The summed E-state index contributed by atoms with van der Waals surface area (Å²) in [6, 6.07) is 14.8. The summed E-state index contributed by atoms with van der Waals surface area (Å²) < 4.78 is 0. The Kier molecular flexibility index (Phi) is 24.9. The van der Waals surface area contributed by atoms with E-state index in [0.29, 0.717) is 36.0 Å². The van der Waals surface area contributed by atoms with Gasteiger partial charge in [-0.3, -0.25) is 57.6 Å². The van der Waals surface area contributed by atoms with E-state index >= 15 is 9.59 Å². The molecule has 14 N–H and O–H groups in total. The molecule has 0 unspecified atom stereocenters. The second-order valence-corrected chi connectivity index (χ2v) is 25.0. The second kappa shape index (κ2) is 32.6. The van der Waals surface area contributed by atoms with Crippen LogP contribution in [0.5, 0.6) is 5.75 Å². The van der Waals surface area contributed by atoms with Crippen LogP contribution in [-0.2, 0) is 72.0 Å². The average molecular weight is 1260 g/mol. The van der Waals surface area contributed by atoms with Gasteiger partial charge in [0.25, 0.3) is 11.8 Å². The van der Waals surface area contributed by atoms with E-state index in [4.69, 9.17) is 11.5 Å². The van der Waals surface area contributed by atoms with Crippen molar-refractivity contribution in [3.63, 3.8) is 0 Å². The highest BCUT2D eigenvalue weighted by molar-refractivity contribution is 8.76. The van der Waals surface area contributed by atoms with Gasteiger partial charge in [-0.05, 0) is 102 Å².